The lowest BCUT2D eigenvalue weighted by atomic mass is 10.4. The number of aryl methyl sites for hydroxylation is 1. The fourth-order valence-electron chi connectivity index (χ4n) is 1.00. The molecule has 0 saturated heterocycles. The first-order valence-electron chi connectivity index (χ1n) is 3.22. The van der Waals surface area contributed by atoms with Gasteiger partial charge in [0.1, 0.15) is 5.69 Å². The third-order valence-corrected chi connectivity index (χ3v) is 1.50. The quantitative estimate of drug-likeness (QED) is 0.559. The summed E-state index contributed by atoms with van der Waals surface area (Å²) in [6.45, 7) is 0.0759. The molecule has 0 radical (unpaired) electrons. The molecule has 0 aromatic carbocycles. The van der Waals surface area contributed by atoms with Crippen LogP contribution in [0.25, 0.3) is 0 Å². The van der Waals surface area contributed by atoms with Gasteiger partial charge in [-0.25, -0.2) is 4.68 Å². The summed E-state index contributed by atoms with van der Waals surface area (Å²) in [5, 5.41) is 6.54. The fourth-order valence-corrected chi connectivity index (χ4v) is 1.00. The smallest absolute Gasteiger partial charge is 0.262 e. The molecule has 5 nitrogen and oxygen atoms in total. The van der Waals surface area contributed by atoms with Crippen LogP contribution in [0.1, 0.15) is 0 Å². The highest BCUT2D eigenvalue weighted by Gasteiger charge is 2.18. The van der Waals surface area contributed by atoms with Gasteiger partial charge in [0.25, 0.3) is 5.91 Å². The van der Waals surface area contributed by atoms with Crippen LogP contribution in [-0.4, -0.2) is 22.3 Å². The predicted octanol–water partition coefficient (Wildman–Crippen LogP) is -0.249. The zero-order valence-electron chi connectivity index (χ0n) is 6.00. The molecule has 58 valence electrons. The van der Waals surface area contributed by atoms with Gasteiger partial charge in [-0.2, -0.15) is 5.10 Å². The SMILES string of the molecule is Cn1ncc2c1OCC(=O)N2. The summed E-state index contributed by atoms with van der Waals surface area (Å²) >= 11 is 0. The molecule has 2 rings (SSSR count). The van der Waals surface area contributed by atoms with E-state index >= 15 is 0 Å². The Morgan fingerprint density at radius 3 is 3.45 bits per heavy atom. The Kier molecular flexibility index (Phi) is 1.12. The minimum atomic E-state index is -0.134. The van der Waals surface area contributed by atoms with Gasteiger partial charge < -0.3 is 10.1 Å². The first-order chi connectivity index (χ1) is 5.27. The van der Waals surface area contributed by atoms with Gasteiger partial charge in [-0.3, -0.25) is 4.79 Å². The van der Waals surface area contributed by atoms with E-state index in [0.29, 0.717) is 11.6 Å². The van der Waals surface area contributed by atoms with E-state index < -0.39 is 0 Å². The molecule has 11 heavy (non-hydrogen) atoms. The number of anilines is 1. The minimum absolute atomic E-state index is 0.0759. The Morgan fingerprint density at radius 2 is 2.64 bits per heavy atom. The highest BCUT2D eigenvalue weighted by molar-refractivity contribution is 5.94. The number of carbonyl (C=O) groups is 1. The summed E-state index contributed by atoms with van der Waals surface area (Å²) in [5.74, 6) is 0.482. The molecule has 0 aliphatic carbocycles. The summed E-state index contributed by atoms with van der Waals surface area (Å²) < 4.78 is 6.67. The number of aromatic nitrogens is 2. The maximum Gasteiger partial charge on any atom is 0.262 e. The molecule has 2 heterocycles. The maximum absolute atomic E-state index is 10.8. The van der Waals surface area contributed by atoms with E-state index in [9.17, 15) is 4.79 Å². The van der Waals surface area contributed by atoms with E-state index in [1.807, 2.05) is 0 Å². The first kappa shape index (κ1) is 6.21. The minimum Gasteiger partial charge on any atom is -0.466 e. The van der Waals surface area contributed by atoms with Crippen LogP contribution < -0.4 is 10.1 Å². The first-order valence-corrected chi connectivity index (χ1v) is 3.22. The average Bonchev–Trinajstić information content (AvgIpc) is 2.32. The van der Waals surface area contributed by atoms with Crippen molar-refractivity contribution in [3.8, 4) is 5.88 Å². The van der Waals surface area contributed by atoms with Crippen molar-refractivity contribution >= 4 is 11.6 Å². The number of amides is 1. The van der Waals surface area contributed by atoms with Gasteiger partial charge in [-0.1, -0.05) is 0 Å². The highest BCUT2D eigenvalue weighted by atomic mass is 16.5. The third-order valence-electron chi connectivity index (χ3n) is 1.50. The molecule has 1 amide bonds. The molecule has 0 spiro atoms. The normalized spacial score (nSPS) is 15.2. The van der Waals surface area contributed by atoms with E-state index in [1.54, 1.807) is 17.9 Å². The Balaban J connectivity index is 2.44. The van der Waals surface area contributed by atoms with Crippen molar-refractivity contribution < 1.29 is 9.53 Å². The van der Waals surface area contributed by atoms with Crippen LogP contribution in [0.5, 0.6) is 5.88 Å². The predicted molar refractivity (Wildman–Crippen MR) is 37.3 cm³/mol. The second-order valence-electron chi connectivity index (χ2n) is 2.32. The zero-order valence-corrected chi connectivity index (χ0v) is 6.00. The van der Waals surface area contributed by atoms with Crippen molar-refractivity contribution in [2.75, 3.05) is 11.9 Å². The molecule has 5 heteroatoms. The van der Waals surface area contributed by atoms with Crippen LogP contribution in [0.3, 0.4) is 0 Å². The van der Waals surface area contributed by atoms with Gasteiger partial charge in [0, 0.05) is 7.05 Å². The van der Waals surface area contributed by atoms with Gasteiger partial charge in [-0.05, 0) is 0 Å². The van der Waals surface area contributed by atoms with E-state index in [-0.39, 0.29) is 12.5 Å². The monoisotopic (exact) mass is 153 g/mol. The van der Waals surface area contributed by atoms with Gasteiger partial charge in [0.05, 0.1) is 6.20 Å². The average molecular weight is 153 g/mol. The van der Waals surface area contributed by atoms with Gasteiger partial charge in [0.2, 0.25) is 5.88 Å². The summed E-state index contributed by atoms with van der Waals surface area (Å²) in [7, 11) is 1.76. The second-order valence-corrected chi connectivity index (χ2v) is 2.32. The third kappa shape index (κ3) is 0.849. The van der Waals surface area contributed by atoms with Crippen LogP contribution in [0.15, 0.2) is 6.20 Å². The van der Waals surface area contributed by atoms with Gasteiger partial charge >= 0.3 is 0 Å². The Bertz CT molecular complexity index is 305. The standard InChI is InChI=1S/C6H7N3O2/c1-9-6-4(2-7-9)8-5(10)3-11-6/h2H,3H2,1H3,(H,8,10). The molecule has 0 unspecified atom stereocenters. The van der Waals surface area contributed by atoms with Gasteiger partial charge in [0.15, 0.2) is 6.61 Å². The van der Waals surface area contributed by atoms with Crippen LogP contribution >= 0.6 is 0 Å². The molecule has 1 aromatic heterocycles. The molecule has 1 aromatic rings. The Morgan fingerprint density at radius 1 is 1.82 bits per heavy atom. The maximum atomic E-state index is 10.8. The molecular formula is C6H7N3O2. The van der Waals surface area contributed by atoms with Crippen molar-refractivity contribution in [3.63, 3.8) is 0 Å². The molecular weight excluding hydrogens is 146 g/mol. The summed E-state index contributed by atoms with van der Waals surface area (Å²) in [4.78, 5) is 10.8. The topological polar surface area (TPSA) is 56.2 Å². The summed E-state index contributed by atoms with van der Waals surface area (Å²) in [6, 6.07) is 0. The zero-order chi connectivity index (χ0) is 7.84. The van der Waals surface area contributed by atoms with E-state index in [1.165, 1.54) is 0 Å². The van der Waals surface area contributed by atoms with Crippen LogP contribution in [0.4, 0.5) is 5.69 Å². The number of nitrogens with one attached hydrogen (secondary N) is 1. The van der Waals surface area contributed by atoms with Crippen LogP contribution in [0.2, 0.25) is 0 Å². The van der Waals surface area contributed by atoms with E-state index in [0.717, 1.165) is 0 Å². The Hall–Kier alpha value is -1.52. The Labute approximate surface area is 63.0 Å². The number of rotatable bonds is 0. The van der Waals surface area contributed by atoms with Crippen LogP contribution in [0, 0.1) is 0 Å². The number of ether oxygens (including phenoxy) is 1. The number of carbonyl (C=O) groups excluding carboxylic acids is 1. The molecule has 1 aliphatic rings. The lowest BCUT2D eigenvalue weighted by Gasteiger charge is -2.13. The van der Waals surface area contributed by atoms with Crippen molar-refractivity contribution in [3.05, 3.63) is 6.20 Å². The lowest BCUT2D eigenvalue weighted by Crippen LogP contribution is -2.25. The van der Waals surface area contributed by atoms with E-state index in [4.69, 9.17) is 4.74 Å². The van der Waals surface area contributed by atoms with Crippen molar-refractivity contribution in [1.29, 1.82) is 0 Å². The van der Waals surface area contributed by atoms with E-state index in [2.05, 4.69) is 10.4 Å². The second kappa shape index (κ2) is 1.98. The van der Waals surface area contributed by atoms with Crippen molar-refractivity contribution in [2.45, 2.75) is 0 Å². The number of nitrogens with zero attached hydrogens (tertiary/aromatic N) is 2. The summed E-state index contributed by atoms with van der Waals surface area (Å²) in [5.41, 5.74) is 0.642. The molecule has 0 saturated carbocycles. The molecule has 0 atom stereocenters. The van der Waals surface area contributed by atoms with Gasteiger partial charge in [-0.15, -0.1) is 0 Å². The number of hydrogen-bond acceptors (Lipinski definition) is 3. The largest absolute Gasteiger partial charge is 0.466 e. The summed E-state index contributed by atoms with van der Waals surface area (Å²) in [6.07, 6.45) is 1.56. The molecule has 1 N–H and O–H groups in total. The molecule has 1 aliphatic heterocycles. The van der Waals surface area contributed by atoms with Crippen LogP contribution in [-0.2, 0) is 11.8 Å². The molecule has 0 bridgehead atoms. The fraction of sp³-hybridized carbons (Fsp3) is 0.333. The van der Waals surface area contributed by atoms with Crippen molar-refractivity contribution in [1.82, 2.24) is 9.78 Å². The van der Waals surface area contributed by atoms with Crippen molar-refractivity contribution in [2.24, 2.45) is 7.05 Å². The number of hydrogen-bond donors (Lipinski definition) is 1. The molecule has 0 fully saturated rings. The lowest BCUT2D eigenvalue weighted by molar-refractivity contribution is -0.118. The number of fused-ring (bicyclic) bond motifs is 1. The highest BCUT2D eigenvalue weighted by Crippen LogP contribution is 2.25.